The Hall–Kier alpha value is -4.38. The monoisotopic (exact) mass is 576 g/mol. The van der Waals surface area contributed by atoms with Crippen molar-refractivity contribution in [3.05, 3.63) is 66.0 Å². The van der Waals surface area contributed by atoms with Gasteiger partial charge in [-0.1, -0.05) is 26.0 Å². The fourth-order valence-electron chi connectivity index (χ4n) is 4.83. The summed E-state index contributed by atoms with van der Waals surface area (Å²) in [4.78, 5) is 47.9. The molecule has 11 nitrogen and oxygen atoms in total. The third-order valence-electron chi connectivity index (χ3n) is 7.00. The molecule has 0 unspecified atom stereocenters. The smallest absolute Gasteiger partial charge is 0.254 e. The summed E-state index contributed by atoms with van der Waals surface area (Å²) in [6.07, 6.45) is 3.55. The van der Waals surface area contributed by atoms with Gasteiger partial charge in [0.05, 0.1) is 20.2 Å². The fourth-order valence-corrected chi connectivity index (χ4v) is 4.83. The lowest BCUT2D eigenvalue weighted by atomic mass is 10.0. The van der Waals surface area contributed by atoms with Crippen LogP contribution in [0.25, 0.3) is 11.4 Å². The van der Waals surface area contributed by atoms with Crippen LogP contribution >= 0.6 is 0 Å². The van der Waals surface area contributed by atoms with E-state index in [0.29, 0.717) is 36.0 Å². The van der Waals surface area contributed by atoms with Crippen LogP contribution in [0, 0.1) is 5.92 Å². The lowest BCUT2D eigenvalue weighted by Crippen LogP contribution is -2.53. The molecule has 1 aliphatic rings. The first kappa shape index (κ1) is 30.6. The van der Waals surface area contributed by atoms with E-state index >= 15 is 0 Å². The van der Waals surface area contributed by atoms with Crippen molar-refractivity contribution < 1.29 is 23.9 Å². The van der Waals surface area contributed by atoms with Gasteiger partial charge in [-0.15, -0.1) is 0 Å². The van der Waals surface area contributed by atoms with Crippen molar-refractivity contribution in [2.24, 2.45) is 5.92 Å². The molecule has 1 atom stereocenters. The number of nitrogens with zero attached hydrogens (tertiary/aromatic N) is 4. The molecule has 0 radical (unpaired) electrons. The van der Waals surface area contributed by atoms with Crippen molar-refractivity contribution in [2.45, 2.75) is 33.0 Å². The van der Waals surface area contributed by atoms with Gasteiger partial charge in [-0.3, -0.25) is 14.4 Å². The highest BCUT2D eigenvalue weighted by Crippen LogP contribution is 2.32. The molecular weight excluding hydrogens is 536 g/mol. The number of carbonyl (C=O) groups is 3. The van der Waals surface area contributed by atoms with Crippen LogP contribution in [0.3, 0.4) is 0 Å². The molecule has 224 valence electrons. The maximum absolute atomic E-state index is 13.6. The Balaban J connectivity index is 1.64. The van der Waals surface area contributed by atoms with Gasteiger partial charge in [0.25, 0.3) is 5.91 Å². The molecular formula is C31H40N6O5. The van der Waals surface area contributed by atoms with Gasteiger partial charge in [0.1, 0.15) is 18.5 Å². The molecule has 2 aromatic carbocycles. The largest absolute Gasteiger partial charge is 0.493 e. The Kier molecular flexibility index (Phi) is 10.2. The zero-order valence-corrected chi connectivity index (χ0v) is 24.9. The molecule has 0 saturated carbocycles. The van der Waals surface area contributed by atoms with Crippen molar-refractivity contribution in [2.75, 3.05) is 47.4 Å². The van der Waals surface area contributed by atoms with Gasteiger partial charge in [-0.05, 0) is 55.9 Å². The molecule has 2 heterocycles. The van der Waals surface area contributed by atoms with Gasteiger partial charge in [-0.2, -0.15) is 0 Å². The minimum atomic E-state index is -0.756. The number of ether oxygens (including phenoxy) is 2. The highest BCUT2D eigenvalue weighted by atomic mass is 16.5. The summed E-state index contributed by atoms with van der Waals surface area (Å²) in [5, 5.41) is 5.77. The highest BCUT2D eigenvalue weighted by molar-refractivity contribution is 5.97. The zero-order valence-electron chi connectivity index (χ0n) is 24.9. The summed E-state index contributed by atoms with van der Waals surface area (Å²) in [5.74, 6) is 0.558. The van der Waals surface area contributed by atoms with Crippen molar-refractivity contribution >= 4 is 17.7 Å². The van der Waals surface area contributed by atoms with E-state index in [1.807, 2.05) is 67.9 Å². The van der Waals surface area contributed by atoms with Crippen LogP contribution in [0.4, 0.5) is 0 Å². The van der Waals surface area contributed by atoms with Crippen molar-refractivity contribution in [1.29, 1.82) is 0 Å². The molecule has 2 N–H and O–H groups in total. The molecule has 2 bridgehead atoms. The lowest BCUT2D eigenvalue weighted by Gasteiger charge is -2.26. The first-order chi connectivity index (χ1) is 20.2. The number of rotatable bonds is 5. The number of carbonyl (C=O) groups excluding carboxylic acids is 3. The average molecular weight is 577 g/mol. The molecule has 0 spiro atoms. The highest BCUT2D eigenvalue weighted by Gasteiger charge is 2.27. The van der Waals surface area contributed by atoms with E-state index in [1.165, 1.54) is 4.90 Å². The predicted molar refractivity (Wildman–Crippen MR) is 159 cm³/mol. The fraction of sp³-hybridized carbons (Fsp3) is 0.419. The van der Waals surface area contributed by atoms with Gasteiger partial charge in [0.2, 0.25) is 11.8 Å². The van der Waals surface area contributed by atoms with Gasteiger partial charge in [0, 0.05) is 43.2 Å². The molecule has 0 fully saturated rings. The second-order valence-electron chi connectivity index (χ2n) is 10.9. The Labute approximate surface area is 246 Å². The van der Waals surface area contributed by atoms with Crippen LogP contribution in [0.15, 0.2) is 54.9 Å². The number of nitrogens with one attached hydrogen (secondary N) is 2. The zero-order chi connectivity index (χ0) is 30.2. The maximum atomic E-state index is 13.6. The van der Waals surface area contributed by atoms with E-state index in [4.69, 9.17) is 9.47 Å². The average Bonchev–Trinajstić information content (AvgIpc) is 3.43. The number of fused-ring (bicyclic) bond motifs is 4. The van der Waals surface area contributed by atoms with Gasteiger partial charge >= 0.3 is 0 Å². The van der Waals surface area contributed by atoms with Crippen LogP contribution in [-0.2, 0) is 22.7 Å². The van der Waals surface area contributed by atoms with E-state index < -0.39 is 11.9 Å². The van der Waals surface area contributed by atoms with Crippen LogP contribution in [-0.4, -0.2) is 90.6 Å². The maximum Gasteiger partial charge on any atom is 0.254 e. The quantitative estimate of drug-likeness (QED) is 0.479. The molecule has 1 aliphatic heterocycles. The first-order valence-electron chi connectivity index (χ1n) is 14.1. The second-order valence-corrected chi connectivity index (χ2v) is 10.9. The Morgan fingerprint density at radius 2 is 1.90 bits per heavy atom. The minimum Gasteiger partial charge on any atom is -0.493 e. The molecule has 0 aliphatic carbocycles. The van der Waals surface area contributed by atoms with Crippen molar-refractivity contribution in [1.82, 2.24) is 30.0 Å². The third-order valence-corrected chi connectivity index (χ3v) is 7.00. The number of methoxy groups -OCH3 is 1. The van der Waals surface area contributed by atoms with Gasteiger partial charge in [-0.25, -0.2) is 4.98 Å². The van der Waals surface area contributed by atoms with E-state index in [0.717, 1.165) is 17.7 Å². The number of hydrogen-bond acceptors (Lipinski definition) is 7. The minimum absolute atomic E-state index is 0.111. The lowest BCUT2D eigenvalue weighted by molar-refractivity contribution is -0.130. The third kappa shape index (κ3) is 7.67. The normalized spacial score (nSPS) is 16.7. The molecule has 42 heavy (non-hydrogen) atoms. The van der Waals surface area contributed by atoms with Crippen LogP contribution < -0.4 is 20.1 Å². The number of imidazole rings is 1. The molecule has 3 aromatic rings. The topological polar surface area (TPSA) is 118 Å². The summed E-state index contributed by atoms with van der Waals surface area (Å²) in [6, 6.07) is 12.1. The van der Waals surface area contributed by atoms with E-state index in [9.17, 15) is 14.4 Å². The molecule has 4 rings (SSSR count). The Bertz CT molecular complexity index is 1380. The summed E-state index contributed by atoms with van der Waals surface area (Å²) < 4.78 is 13.6. The number of benzene rings is 2. The first-order valence-corrected chi connectivity index (χ1v) is 14.1. The number of aromatic nitrogens is 2. The summed E-state index contributed by atoms with van der Waals surface area (Å²) in [7, 11) is 5.52. The molecule has 11 heteroatoms. The number of amides is 3. The molecule has 1 aromatic heterocycles. The SMILES string of the molecule is COc1ccc2cc1OCCN(C(=O)c1ccc(CN(C)C)cc1)CC(=O)N[C@H](C(C)C)C(=O)NCCn1ccnc1-2. The van der Waals surface area contributed by atoms with Crippen LogP contribution in [0.5, 0.6) is 11.5 Å². The van der Waals surface area contributed by atoms with E-state index in [-0.39, 0.29) is 37.4 Å². The summed E-state index contributed by atoms with van der Waals surface area (Å²) >= 11 is 0. The predicted octanol–water partition coefficient (Wildman–Crippen LogP) is 2.41. The van der Waals surface area contributed by atoms with Crippen LogP contribution in [0.2, 0.25) is 0 Å². The summed E-state index contributed by atoms with van der Waals surface area (Å²) in [5.41, 5.74) is 2.34. The Morgan fingerprint density at radius 3 is 2.60 bits per heavy atom. The van der Waals surface area contributed by atoms with E-state index in [1.54, 1.807) is 31.5 Å². The van der Waals surface area contributed by atoms with Gasteiger partial charge < -0.3 is 34.5 Å². The molecule has 3 amide bonds. The Morgan fingerprint density at radius 1 is 1.14 bits per heavy atom. The molecule has 0 saturated heterocycles. The second kappa shape index (κ2) is 14.0. The van der Waals surface area contributed by atoms with Crippen LogP contribution in [0.1, 0.15) is 29.8 Å². The van der Waals surface area contributed by atoms with E-state index in [2.05, 4.69) is 15.6 Å². The van der Waals surface area contributed by atoms with Crippen molar-refractivity contribution in [3.8, 4) is 22.9 Å². The summed E-state index contributed by atoms with van der Waals surface area (Å²) in [6.45, 7) is 5.32. The standard InChI is InChI=1S/C31H40N6O5/c1-21(2)28-30(39)33-13-15-36-14-12-32-29(36)24-10-11-25(41-5)26(18-24)42-17-16-37(20-27(38)34-28)31(40)23-8-6-22(7-9-23)19-35(3)4/h6-12,14,18,21,28H,13,15-17,19-20H2,1-5H3,(H,33,39)(H,34,38)/t28-/m1/s1. The number of hydrogen-bond donors (Lipinski definition) is 2. The van der Waals surface area contributed by atoms with Gasteiger partial charge in [0.15, 0.2) is 11.5 Å². The van der Waals surface area contributed by atoms with Crippen molar-refractivity contribution in [3.63, 3.8) is 0 Å².